The van der Waals surface area contributed by atoms with Gasteiger partial charge in [0.1, 0.15) is 5.69 Å². The Morgan fingerprint density at radius 1 is 1.47 bits per heavy atom. The Bertz CT molecular complexity index is 477. The van der Waals surface area contributed by atoms with Gasteiger partial charge in [-0.2, -0.15) is 0 Å². The molecule has 0 fully saturated rings. The highest BCUT2D eigenvalue weighted by Gasteiger charge is 2.02. The Kier molecular flexibility index (Phi) is 2.32. The van der Waals surface area contributed by atoms with Crippen LogP contribution in [0.15, 0.2) is 42.2 Å². The lowest BCUT2D eigenvalue weighted by atomic mass is 10.3. The molecule has 2 aromatic rings. The number of rotatable bonds is 2. The molecular weight excluding hydrogens is 194 g/mol. The van der Waals surface area contributed by atoms with Crippen molar-refractivity contribution >= 4 is 5.84 Å². The van der Waals surface area contributed by atoms with Crippen molar-refractivity contribution in [2.75, 3.05) is 0 Å². The molecule has 0 spiro atoms. The molecule has 0 aliphatic rings. The summed E-state index contributed by atoms with van der Waals surface area (Å²) in [7, 11) is 0. The van der Waals surface area contributed by atoms with Crippen molar-refractivity contribution in [2.24, 2.45) is 10.9 Å². The zero-order chi connectivity index (χ0) is 10.7. The number of hydrogen-bond donors (Lipinski definition) is 2. The van der Waals surface area contributed by atoms with Crippen molar-refractivity contribution in [2.45, 2.75) is 0 Å². The minimum Gasteiger partial charge on any atom is -0.409 e. The molecule has 0 unspecified atom stereocenters. The highest BCUT2D eigenvalue weighted by atomic mass is 16.4. The van der Waals surface area contributed by atoms with Gasteiger partial charge in [0, 0.05) is 18.6 Å². The van der Waals surface area contributed by atoms with E-state index in [9.17, 15) is 0 Å². The average molecular weight is 203 g/mol. The second-order valence-corrected chi connectivity index (χ2v) is 2.85. The van der Waals surface area contributed by atoms with Crippen LogP contribution < -0.4 is 5.73 Å². The number of aromatic nitrogens is 3. The minimum absolute atomic E-state index is 0.0167. The Morgan fingerprint density at radius 3 is 3.00 bits per heavy atom. The molecule has 0 bridgehead atoms. The SMILES string of the molecule is NC(=NO)c1cc(-n2ccnc2)ccn1. The first-order valence-electron chi connectivity index (χ1n) is 4.23. The Hall–Kier alpha value is -2.37. The second-order valence-electron chi connectivity index (χ2n) is 2.85. The summed E-state index contributed by atoms with van der Waals surface area (Å²) in [4.78, 5) is 7.90. The van der Waals surface area contributed by atoms with Crippen molar-refractivity contribution in [3.8, 4) is 5.69 Å². The maximum absolute atomic E-state index is 8.51. The molecule has 0 saturated heterocycles. The van der Waals surface area contributed by atoms with E-state index in [2.05, 4.69) is 15.1 Å². The van der Waals surface area contributed by atoms with Crippen LogP contribution in [-0.4, -0.2) is 25.6 Å². The number of pyridine rings is 1. The third-order valence-electron chi connectivity index (χ3n) is 1.92. The summed E-state index contributed by atoms with van der Waals surface area (Å²) in [5.74, 6) is -0.0167. The highest BCUT2D eigenvalue weighted by Crippen LogP contribution is 2.07. The van der Waals surface area contributed by atoms with E-state index >= 15 is 0 Å². The van der Waals surface area contributed by atoms with Crippen LogP contribution in [0.25, 0.3) is 5.69 Å². The summed E-state index contributed by atoms with van der Waals surface area (Å²) in [6.45, 7) is 0. The molecule has 0 atom stereocenters. The third-order valence-corrected chi connectivity index (χ3v) is 1.92. The van der Waals surface area contributed by atoms with Crippen molar-refractivity contribution in [3.05, 3.63) is 42.7 Å². The van der Waals surface area contributed by atoms with Gasteiger partial charge < -0.3 is 15.5 Å². The van der Waals surface area contributed by atoms with Gasteiger partial charge in [0.05, 0.1) is 12.0 Å². The summed E-state index contributed by atoms with van der Waals surface area (Å²) in [6.07, 6.45) is 6.71. The number of hydrogen-bond acceptors (Lipinski definition) is 4. The molecule has 6 nitrogen and oxygen atoms in total. The van der Waals surface area contributed by atoms with Gasteiger partial charge in [0.2, 0.25) is 0 Å². The van der Waals surface area contributed by atoms with E-state index in [0.29, 0.717) is 5.69 Å². The molecule has 76 valence electrons. The van der Waals surface area contributed by atoms with Crippen LogP contribution >= 0.6 is 0 Å². The molecule has 15 heavy (non-hydrogen) atoms. The van der Waals surface area contributed by atoms with E-state index in [4.69, 9.17) is 10.9 Å². The summed E-state index contributed by atoms with van der Waals surface area (Å²) in [5.41, 5.74) is 6.70. The van der Waals surface area contributed by atoms with Crippen LogP contribution in [0, 0.1) is 0 Å². The molecule has 0 saturated carbocycles. The van der Waals surface area contributed by atoms with Gasteiger partial charge in [-0.1, -0.05) is 5.16 Å². The molecule has 2 rings (SSSR count). The van der Waals surface area contributed by atoms with Gasteiger partial charge in [-0.25, -0.2) is 4.98 Å². The predicted molar refractivity (Wildman–Crippen MR) is 53.9 cm³/mol. The summed E-state index contributed by atoms with van der Waals surface area (Å²) < 4.78 is 1.80. The average Bonchev–Trinajstić information content (AvgIpc) is 2.82. The number of imidazole rings is 1. The molecule has 0 radical (unpaired) electrons. The van der Waals surface area contributed by atoms with Crippen LogP contribution in [0.4, 0.5) is 0 Å². The molecule has 0 aromatic carbocycles. The number of nitrogens with two attached hydrogens (primary N) is 1. The normalized spacial score (nSPS) is 11.6. The van der Waals surface area contributed by atoms with Crippen molar-refractivity contribution in [3.63, 3.8) is 0 Å². The van der Waals surface area contributed by atoms with Crippen LogP contribution in [-0.2, 0) is 0 Å². The van der Waals surface area contributed by atoms with E-state index in [1.165, 1.54) is 0 Å². The summed E-state index contributed by atoms with van der Waals surface area (Å²) in [5, 5.41) is 11.4. The third kappa shape index (κ3) is 1.78. The van der Waals surface area contributed by atoms with Crippen LogP contribution in [0.5, 0.6) is 0 Å². The maximum Gasteiger partial charge on any atom is 0.188 e. The predicted octanol–water partition coefficient (Wildman–Crippen LogP) is 0.362. The fraction of sp³-hybridized carbons (Fsp3) is 0. The zero-order valence-electron chi connectivity index (χ0n) is 7.78. The lowest BCUT2D eigenvalue weighted by Gasteiger charge is -2.03. The first-order valence-corrected chi connectivity index (χ1v) is 4.23. The van der Waals surface area contributed by atoms with E-state index < -0.39 is 0 Å². The van der Waals surface area contributed by atoms with Crippen LogP contribution in [0.2, 0.25) is 0 Å². The molecular formula is C9H9N5O. The van der Waals surface area contributed by atoms with Gasteiger partial charge in [-0.15, -0.1) is 0 Å². The monoisotopic (exact) mass is 203 g/mol. The molecule has 2 heterocycles. The highest BCUT2D eigenvalue weighted by molar-refractivity contribution is 5.95. The van der Waals surface area contributed by atoms with Gasteiger partial charge in [-0.3, -0.25) is 4.98 Å². The first-order chi connectivity index (χ1) is 7.31. The number of oxime groups is 1. The Balaban J connectivity index is 2.44. The van der Waals surface area contributed by atoms with Gasteiger partial charge >= 0.3 is 0 Å². The molecule has 0 aliphatic carbocycles. The number of amidine groups is 1. The molecule has 2 aromatic heterocycles. The van der Waals surface area contributed by atoms with Crippen molar-refractivity contribution in [1.82, 2.24) is 14.5 Å². The Morgan fingerprint density at radius 2 is 2.33 bits per heavy atom. The minimum atomic E-state index is -0.0167. The van der Waals surface area contributed by atoms with E-state index in [1.54, 1.807) is 41.6 Å². The molecule has 3 N–H and O–H groups in total. The molecule has 6 heteroatoms. The smallest absolute Gasteiger partial charge is 0.188 e. The standard InChI is InChI=1S/C9H9N5O/c10-9(13-15)8-5-7(1-2-12-8)14-4-3-11-6-14/h1-6,15H,(H2,10,13). The topological polar surface area (TPSA) is 89.3 Å². The van der Waals surface area contributed by atoms with Gasteiger partial charge in [0.25, 0.3) is 0 Å². The van der Waals surface area contributed by atoms with Crippen LogP contribution in [0.1, 0.15) is 5.69 Å². The molecule has 0 aliphatic heterocycles. The van der Waals surface area contributed by atoms with E-state index in [-0.39, 0.29) is 5.84 Å². The summed E-state index contributed by atoms with van der Waals surface area (Å²) in [6, 6.07) is 3.51. The van der Waals surface area contributed by atoms with Gasteiger partial charge in [0.15, 0.2) is 5.84 Å². The summed E-state index contributed by atoms with van der Waals surface area (Å²) >= 11 is 0. The van der Waals surface area contributed by atoms with Crippen molar-refractivity contribution in [1.29, 1.82) is 0 Å². The fourth-order valence-electron chi connectivity index (χ4n) is 1.18. The number of nitrogens with zero attached hydrogens (tertiary/aromatic N) is 4. The lowest BCUT2D eigenvalue weighted by Crippen LogP contribution is -2.15. The largest absolute Gasteiger partial charge is 0.409 e. The second kappa shape index (κ2) is 3.79. The Labute approximate surface area is 85.7 Å². The van der Waals surface area contributed by atoms with Crippen LogP contribution in [0.3, 0.4) is 0 Å². The van der Waals surface area contributed by atoms with E-state index in [1.807, 2.05) is 0 Å². The molecule has 0 amide bonds. The van der Waals surface area contributed by atoms with Crippen molar-refractivity contribution < 1.29 is 5.21 Å². The maximum atomic E-state index is 8.51. The van der Waals surface area contributed by atoms with Gasteiger partial charge in [-0.05, 0) is 12.1 Å². The lowest BCUT2D eigenvalue weighted by molar-refractivity contribution is 0.318. The fourth-order valence-corrected chi connectivity index (χ4v) is 1.18. The zero-order valence-corrected chi connectivity index (χ0v) is 7.78. The first kappa shape index (κ1) is 9.20. The quantitative estimate of drug-likeness (QED) is 0.319. The van der Waals surface area contributed by atoms with E-state index in [0.717, 1.165) is 5.69 Å².